The molecule has 0 radical (unpaired) electrons. The average Bonchev–Trinajstić information content (AvgIpc) is 2.54. The SMILES string of the molecule is CN(C)CC12OC(=O)C(=O)OC1CCCC2(O)Cc1c(F)cccc1Cl. The lowest BCUT2D eigenvalue weighted by Gasteiger charge is -2.55. The van der Waals surface area contributed by atoms with Crippen LogP contribution >= 0.6 is 11.6 Å². The molecule has 3 unspecified atom stereocenters. The molecule has 1 aliphatic carbocycles. The molecule has 1 saturated heterocycles. The van der Waals surface area contributed by atoms with E-state index in [2.05, 4.69) is 0 Å². The van der Waals surface area contributed by atoms with Gasteiger partial charge in [0, 0.05) is 23.6 Å². The van der Waals surface area contributed by atoms with E-state index in [-0.39, 0.29) is 30.0 Å². The summed E-state index contributed by atoms with van der Waals surface area (Å²) in [5, 5.41) is 11.7. The number of halogens is 2. The largest absolute Gasteiger partial charge is 0.450 e. The maximum atomic E-state index is 14.3. The van der Waals surface area contributed by atoms with Gasteiger partial charge < -0.3 is 19.5 Å². The number of esters is 2. The van der Waals surface area contributed by atoms with Crippen molar-refractivity contribution in [2.45, 2.75) is 43.0 Å². The molecule has 1 aromatic rings. The highest BCUT2D eigenvalue weighted by Crippen LogP contribution is 2.47. The molecule has 0 spiro atoms. The van der Waals surface area contributed by atoms with Gasteiger partial charge in [0.1, 0.15) is 17.5 Å². The van der Waals surface area contributed by atoms with Crippen molar-refractivity contribution in [1.29, 1.82) is 0 Å². The zero-order valence-electron chi connectivity index (χ0n) is 14.6. The molecule has 8 heteroatoms. The highest BCUT2D eigenvalue weighted by molar-refractivity contribution is 6.31. The molecule has 0 bridgehead atoms. The van der Waals surface area contributed by atoms with Gasteiger partial charge in [0.2, 0.25) is 0 Å². The van der Waals surface area contributed by atoms with Crippen LogP contribution in [0.1, 0.15) is 24.8 Å². The first kappa shape index (κ1) is 19.1. The highest BCUT2D eigenvalue weighted by Gasteiger charge is 2.65. The van der Waals surface area contributed by atoms with Crippen molar-refractivity contribution in [3.05, 3.63) is 34.6 Å². The summed E-state index contributed by atoms with van der Waals surface area (Å²) in [4.78, 5) is 25.4. The van der Waals surface area contributed by atoms with Crippen LogP contribution in [0.15, 0.2) is 18.2 Å². The predicted molar refractivity (Wildman–Crippen MR) is 91.2 cm³/mol. The summed E-state index contributed by atoms with van der Waals surface area (Å²) in [7, 11) is 3.50. The Kier molecular flexibility index (Phi) is 4.98. The number of ether oxygens (including phenoxy) is 2. The number of fused-ring (bicyclic) bond motifs is 1. The summed E-state index contributed by atoms with van der Waals surface area (Å²) in [6.07, 6.45) is 0.271. The Morgan fingerprint density at radius 1 is 1.35 bits per heavy atom. The van der Waals surface area contributed by atoms with Gasteiger partial charge in [-0.1, -0.05) is 17.7 Å². The summed E-state index contributed by atoms with van der Waals surface area (Å²) in [5.41, 5.74) is -2.99. The smallest absolute Gasteiger partial charge is 0.418 e. The summed E-state index contributed by atoms with van der Waals surface area (Å²) in [5.74, 6) is -2.77. The van der Waals surface area contributed by atoms with Crippen molar-refractivity contribution < 1.29 is 28.6 Å². The Morgan fingerprint density at radius 3 is 2.73 bits per heavy atom. The molecule has 1 aliphatic heterocycles. The van der Waals surface area contributed by atoms with Crippen LogP contribution in [0.4, 0.5) is 4.39 Å². The highest BCUT2D eigenvalue weighted by atomic mass is 35.5. The van der Waals surface area contributed by atoms with Crippen molar-refractivity contribution in [1.82, 2.24) is 4.90 Å². The molecule has 1 N–H and O–H groups in total. The van der Waals surface area contributed by atoms with Crippen LogP contribution in [0.25, 0.3) is 0 Å². The number of hydrogen-bond donors (Lipinski definition) is 1. The average molecular weight is 386 g/mol. The van der Waals surface area contributed by atoms with Gasteiger partial charge in [0.05, 0.1) is 0 Å². The van der Waals surface area contributed by atoms with E-state index in [4.69, 9.17) is 21.1 Å². The van der Waals surface area contributed by atoms with Crippen molar-refractivity contribution in [3.63, 3.8) is 0 Å². The van der Waals surface area contributed by atoms with Crippen LogP contribution in [0, 0.1) is 5.82 Å². The Bertz CT molecular complexity index is 722. The van der Waals surface area contributed by atoms with E-state index in [0.717, 1.165) is 0 Å². The molecule has 1 aromatic carbocycles. The molecular formula is C18H21ClFNO5. The Morgan fingerprint density at radius 2 is 2.08 bits per heavy atom. The second kappa shape index (κ2) is 6.79. The van der Waals surface area contributed by atoms with Gasteiger partial charge in [0.15, 0.2) is 5.60 Å². The van der Waals surface area contributed by atoms with Crippen molar-refractivity contribution in [2.75, 3.05) is 20.6 Å². The molecule has 3 rings (SSSR count). The zero-order chi connectivity index (χ0) is 19.1. The van der Waals surface area contributed by atoms with Gasteiger partial charge in [-0.15, -0.1) is 0 Å². The third-order valence-electron chi connectivity index (χ3n) is 5.14. The third kappa shape index (κ3) is 3.08. The number of carbonyl (C=O) groups is 2. The fraction of sp³-hybridized carbons (Fsp3) is 0.556. The quantitative estimate of drug-likeness (QED) is 0.628. The van der Waals surface area contributed by atoms with Crippen molar-refractivity contribution in [3.8, 4) is 0 Å². The maximum Gasteiger partial charge on any atom is 0.418 e. The van der Waals surface area contributed by atoms with E-state index in [1.807, 2.05) is 0 Å². The number of hydrogen-bond acceptors (Lipinski definition) is 6. The van der Waals surface area contributed by atoms with Gasteiger partial charge in [-0.3, -0.25) is 0 Å². The number of benzene rings is 1. The second-order valence-electron chi connectivity index (χ2n) is 7.21. The monoisotopic (exact) mass is 385 g/mol. The minimum absolute atomic E-state index is 0.124. The van der Waals surface area contributed by atoms with Crippen LogP contribution in [0.3, 0.4) is 0 Å². The van der Waals surface area contributed by atoms with Crippen LogP contribution in [0.2, 0.25) is 5.02 Å². The summed E-state index contributed by atoms with van der Waals surface area (Å²) in [6.45, 7) is 0.124. The Labute approximate surface area is 155 Å². The molecule has 142 valence electrons. The first-order chi connectivity index (χ1) is 12.2. The van der Waals surface area contributed by atoms with Gasteiger partial charge >= 0.3 is 11.9 Å². The number of rotatable bonds is 4. The predicted octanol–water partition coefficient (Wildman–Crippen LogP) is 1.71. The Balaban J connectivity index is 2.07. The molecule has 6 nitrogen and oxygen atoms in total. The van der Waals surface area contributed by atoms with Crippen molar-refractivity contribution in [2.24, 2.45) is 0 Å². The van der Waals surface area contributed by atoms with Crippen LogP contribution in [-0.2, 0) is 25.5 Å². The van der Waals surface area contributed by atoms with E-state index in [1.165, 1.54) is 18.2 Å². The van der Waals surface area contributed by atoms with Gasteiger partial charge in [0.25, 0.3) is 0 Å². The number of aliphatic hydroxyl groups is 1. The maximum absolute atomic E-state index is 14.3. The number of nitrogens with zero attached hydrogens (tertiary/aromatic N) is 1. The van der Waals surface area contributed by atoms with Crippen LogP contribution in [0.5, 0.6) is 0 Å². The lowest BCUT2D eigenvalue weighted by atomic mass is 9.66. The minimum Gasteiger partial charge on any atom is -0.450 e. The standard InChI is InChI=1S/C18H21ClFNO5/c1-21(2)10-18-14(25-15(22)16(23)26-18)7-4-8-17(18,24)9-11-12(19)5-3-6-13(11)20/h3,5-6,14,24H,4,7-10H2,1-2H3. The van der Waals surface area contributed by atoms with E-state index in [9.17, 15) is 19.1 Å². The lowest BCUT2D eigenvalue weighted by molar-refractivity contribution is -0.270. The van der Waals surface area contributed by atoms with Crippen LogP contribution < -0.4 is 0 Å². The molecule has 0 aromatic heterocycles. The molecule has 3 atom stereocenters. The fourth-order valence-electron chi connectivity index (χ4n) is 4.01. The molecule has 1 saturated carbocycles. The number of carbonyl (C=O) groups excluding carboxylic acids is 2. The lowest BCUT2D eigenvalue weighted by Crippen LogP contribution is -2.73. The van der Waals surface area contributed by atoms with Gasteiger partial charge in [-0.25, -0.2) is 14.0 Å². The molecule has 2 aliphatic rings. The molecule has 1 heterocycles. The van der Waals surface area contributed by atoms with Crippen LogP contribution in [-0.4, -0.2) is 59.9 Å². The summed E-state index contributed by atoms with van der Waals surface area (Å²) >= 11 is 6.13. The van der Waals surface area contributed by atoms with Gasteiger partial charge in [-0.2, -0.15) is 0 Å². The first-order valence-corrected chi connectivity index (χ1v) is 8.80. The third-order valence-corrected chi connectivity index (χ3v) is 5.49. The normalized spacial score (nSPS) is 31.4. The molecular weight excluding hydrogens is 365 g/mol. The van der Waals surface area contributed by atoms with E-state index < -0.39 is 35.1 Å². The van der Waals surface area contributed by atoms with E-state index >= 15 is 0 Å². The van der Waals surface area contributed by atoms with Gasteiger partial charge in [-0.05, 0) is 45.5 Å². The molecule has 2 fully saturated rings. The molecule has 0 amide bonds. The van der Waals surface area contributed by atoms with E-state index in [0.29, 0.717) is 12.8 Å². The number of likely N-dealkylation sites (N-methyl/N-ethyl adjacent to an activating group) is 1. The summed E-state index contributed by atoms with van der Waals surface area (Å²) in [6, 6.07) is 4.28. The first-order valence-electron chi connectivity index (χ1n) is 8.42. The topological polar surface area (TPSA) is 76.1 Å². The van der Waals surface area contributed by atoms with E-state index in [1.54, 1.807) is 19.0 Å². The van der Waals surface area contributed by atoms with Crippen molar-refractivity contribution >= 4 is 23.5 Å². The zero-order valence-corrected chi connectivity index (χ0v) is 15.4. The summed E-state index contributed by atoms with van der Waals surface area (Å²) < 4.78 is 25.1. The second-order valence-corrected chi connectivity index (χ2v) is 7.62. The minimum atomic E-state index is -1.64. The molecule has 26 heavy (non-hydrogen) atoms. The fourth-order valence-corrected chi connectivity index (χ4v) is 4.24. The Hall–Kier alpha value is -1.70.